The number of hydrogen-bond donors (Lipinski definition) is 2. The van der Waals surface area contributed by atoms with Gasteiger partial charge in [-0.1, -0.05) is 45.0 Å². The van der Waals surface area contributed by atoms with Crippen molar-refractivity contribution in [1.29, 1.82) is 0 Å². The van der Waals surface area contributed by atoms with Crippen LogP contribution < -0.4 is 14.8 Å². The van der Waals surface area contributed by atoms with E-state index in [-0.39, 0.29) is 57.8 Å². The lowest BCUT2D eigenvalue weighted by Gasteiger charge is -2.52. The smallest absolute Gasteiger partial charge is 0.410 e. The number of rotatable bonds is 6. The Morgan fingerprint density at radius 2 is 1.67 bits per heavy atom. The molecule has 1 saturated carbocycles. The van der Waals surface area contributed by atoms with Gasteiger partial charge in [-0.05, 0) is 107 Å². The van der Waals surface area contributed by atoms with Gasteiger partial charge in [0.15, 0.2) is 0 Å². The normalized spacial score (nSPS) is 20.1. The zero-order valence-corrected chi connectivity index (χ0v) is 33.8. The van der Waals surface area contributed by atoms with Crippen LogP contribution in [-0.4, -0.2) is 90.7 Å². The average Bonchev–Trinajstić information content (AvgIpc) is 3.06. The maximum absolute atomic E-state index is 14.5. The summed E-state index contributed by atoms with van der Waals surface area (Å²) < 4.78 is 42.0. The molecule has 1 aromatic heterocycles. The number of ether oxygens (including phenoxy) is 2. The van der Waals surface area contributed by atoms with Crippen LogP contribution in [0.4, 0.5) is 10.7 Å². The molecule has 292 valence electrons. The molecule has 3 aliphatic rings. The lowest BCUT2D eigenvalue weighted by Crippen LogP contribution is -2.56. The van der Waals surface area contributed by atoms with Crippen LogP contribution in [0.15, 0.2) is 53.4 Å². The predicted molar refractivity (Wildman–Crippen MR) is 209 cm³/mol. The van der Waals surface area contributed by atoms with Crippen molar-refractivity contribution in [2.45, 2.75) is 110 Å². The van der Waals surface area contributed by atoms with Crippen LogP contribution in [0, 0.1) is 24.7 Å². The summed E-state index contributed by atoms with van der Waals surface area (Å²) in [5.41, 5.74) is 3.20. The highest BCUT2D eigenvalue weighted by Gasteiger charge is 2.46. The van der Waals surface area contributed by atoms with E-state index in [1.54, 1.807) is 18.2 Å². The van der Waals surface area contributed by atoms with E-state index < -0.39 is 15.6 Å². The highest BCUT2D eigenvalue weighted by atomic mass is 32.2. The Morgan fingerprint density at radius 3 is 2.31 bits per heavy atom. The molecule has 1 atom stereocenters. The molecule has 2 N–H and O–H groups in total. The Balaban J connectivity index is 1.23. The van der Waals surface area contributed by atoms with Gasteiger partial charge in [-0.25, -0.2) is 22.9 Å². The Bertz CT molecular complexity index is 1950. The molecule has 2 aromatic carbocycles. The number of hydrogen-bond acceptors (Lipinski definition) is 9. The summed E-state index contributed by atoms with van der Waals surface area (Å²) in [4.78, 5) is 39.8. The van der Waals surface area contributed by atoms with Crippen molar-refractivity contribution in [3.63, 3.8) is 0 Å². The van der Waals surface area contributed by atoms with Crippen molar-refractivity contribution in [1.82, 2.24) is 25.1 Å². The van der Waals surface area contributed by atoms with Crippen LogP contribution in [0.25, 0.3) is 11.3 Å². The maximum atomic E-state index is 14.5. The molecule has 13 heteroatoms. The van der Waals surface area contributed by atoms with E-state index in [4.69, 9.17) is 9.47 Å². The van der Waals surface area contributed by atoms with E-state index in [2.05, 4.69) is 40.8 Å². The van der Waals surface area contributed by atoms with Crippen LogP contribution in [-0.2, 0) is 14.8 Å². The second kappa shape index (κ2) is 15.1. The summed E-state index contributed by atoms with van der Waals surface area (Å²) in [5, 5.41) is 3.70. The quantitative estimate of drug-likeness (QED) is 0.272. The van der Waals surface area contributed by atoms with E-state index in [0.29, 0.717) is 44.3 Å². The van der Waals surface area contributed by atoms with Gasteiger partial charge in [0, 0.05) is 49.4 Å². The topological polar surface area (TPSA) is 143 Å². The average molecular weight is 761 g/mol. The molecule has 0 unspecified atom stereocenters. The number of aromatic nitrogens is 2. The number of piperidine rings is 1. The molecular weight excluding hydrogens is 705 g/mol. The van der Waals surface area contributed by atoms with Crippen LogP contribution in [0.1, 0.15) is 95.1 Å². The van der Waals surface area contributed by atoms with Crippen molar-refractivity contribution >= 4 is 28.0 Å². The summed E-state index contributed by atoms with van der Waals surface area (Å²) in [5.74, 6) is -0.156. The number of fused-ring (bicyclic) bond motifs is 4. The minimum Gasteiger partial charge on any atom is -0.475 e. The largest absolute Gasteiger partial charge is 0.475 e. The first-order valence-electron chi connectivity index (χ1n) is 19.0. The summed E-state index contributed by atoms with van der Waals surface area (Å²) in [6.45, 7) is 18.5. The van der Waals surface area contributed by atoms with Gasteiger partial charge >= 0.3 is 6.09 Å². The van der Waals surface area contributed by atoms with Crippen molar-refractivity contribution in [3.8, 4) is 17.1 Å². The van der Waals surface area contributed by atoms with Crippen molar-refractivity contribution in [2.24, 2.45) is 10.8 Å². The number of likely N-dealkylation sites (tertiary alicyclic amines) is 1. The van der Waals surface area contributed by atoms with Gasteiger partial charge < -0.3 is 24.6 Å². The molecule has 54 heavy (non-hydrogen) atoms. The number of sulfonamides is 1. The van der Waals surface area contributed by atoms with E-state index >= 15 is 0 Å². The molecule has 2 aliphatic heterocycles. The third-order valence-electron chi connectivity index (χ3n) is 10.7. The van der Waals surface area contributed by atoms with Crippen molar-refractivity contribution in [2.75, 3.05) is 37.5 Å². The second-order valence-electron chi connectivity index (χ2n) is 17.6. The monoisotopic (exact) mass is 760 g/mol. The van der Waals surface area contributed by atoms with E-state index in [0.717, 1.165) is 42.4 Å². The van der Waals surface area contributed by atoms with Gasteiger partial charge in [0.1, 0.15) is 12.2 Å². The number of amides is 2. The van der Waals surface area contributed by atoms with Gasteiger partial charge in [0.2, 0.25) is 11.8 Å². The standard InChI is InChI=1S/C41H56N6O6S/c1-27-11-9-12-28(2)35(27)33-22-34-44-37(43-33)45-54(50,51)32-14-10-13-29(21-32)36(48)47(31(26-52-34)25-39(3,4)5)20-17-42-30-23-41(24-30)15-18-46(19-16-41)38(49)53-40(6,7)8/h9-14,21-22,30-31,42H,15-20,23-26H2,1-8H3,(H,43,44,45)/t31-/m1/s1. The Morgan fingerprint density at radius 1 is 1.00 bits per heavy atom. The van der Waals surface area contributed by atoms with Crippen LogP contribution in [0.2, 0.25) is 0 Å². The van der Waals surface area contributed by atoms with Crippen molar-refractivity contribution < 1.29 is 27.5 Å². The van der Waals surface area contributed by atoms with Crippen LogP contribution >= 0.6 is 0 Å². The highest BCUT2D eigenvalue weighted by molar-refractivity contribution is 7.92. The summed E-state index contributed by atoms with van der Waals surface area (Å²) >= 11 is 0. The zero-order valence-electron chi connectivity index (χ0n) is 33.0. The van der Waals surface area contributed by atoms with Gasteiger partial charge in [-0.15, -0.1) is 0 Å². The lowest BCUT2D eigenvalue weighted by atomic mass is 9.60. The van der Waals surface area contributed by atoms with E-state index in [9.17, 15) is 18.0 Å². The zero-order chi connectivity index (χ0) is 39.1. The fourth-order valence-electron chi connectivity index (χ4n) is 8.05. The minimum absolute atomic E-state index is 0.0564. The predicted octanol–water partition coefficient (Wildman–Crippen LogP) is 6.97. The first-order chi connectivity index (χ1) is 25.3. The molecule has 2 fully saturated rings. The second-order valence-corrected chi connectivity index (χ2v) is 19.3. The molecule has 2 amide bonds. The molecule has 12 nitrogen and oxygen atoms in total. The maximum Gasteiger partial charge on any atom is 0.410 e. The Labute approximate surface area is 320 Å². The summed E-state index contributed by atoms with van der Waals surface area (Å²) in [6, 6.07) is 13.8. The number of anilines is 1. The molecular formula is C41H56N6O6S. The van der Waals surface area contributed by atoms with Crippen molar-refractivity contribution in [3.05, 3.63) is 65.2 Å². The van der Waals surface area contributed by atoms with Crippen LogP contribution in [0.3, 0.4) is 0 Å². The number of carbonyl (C=O) groups is 2. The molecule has 1 aliphatic carbocycles. The number of carbonyl (C=O) groups excluding carboxylic acids is 2. The van der Waals surface area contributed by atoms with E-state index in [1.165, 1.54) is 12.1 Å². The number of nitrogens with one attached hydrogen (secondary N) is 2. The minimum atomic E-state index is -4.16. The third-order valence-corrected chi connectivity index (χ3v) is 12.0. The third kappa shape index (κ3) is 9.34. The van der Waals surface area contributed by atoms with Gasteiger partial charge in [-0.3, -0.25) is 4.79 Å². The fraction of sp³-hybridized carbons (Fsp3) is 0.561. The summed E-state index contributed by atoms with van der Waals surface area (Å²) in [6.07, 6.45) is 4.32. The van der Waals surface area contributed by atoms with Gasteiger partial charge in [0.05, 0.1) is 16.6 Å². The molecule has 3 aromatic rings. The first-order valence-corrected chi connectivity index (χ1v) is 20.5. The molecule has 3 heterocycles. The Kier molecular flexibility index (Phi) is 11.1. The highest BCUT2D eigenvalue weighted by Crippen LogP contribution is 2.49. The fourth-order valence-corrected chi connectivity index (χ4v) is 9.04. The number of aryl methyl sites for hydroxylation is 2. The van der Waals surface area contributed by atoms with Crippen LogP contribution in [0.5, 0.6) is 5.88 Å². The first kappa shape index (κ1) is 39.5. The molecule has 6 rings (SSSR count). The molecule has 1 saturated heterocycles. The molecule has 0 radical (unpaired) electrons. The number of nitrogens with zero attached hydrogens (tertiary/aromatic N) is 4. The molecule has 1 spiro atoms. The lowest BCUT2D eigenvalue weighted by molar-refractivity contribution is -0.0167. The Hall–Kier alpha value is -4.23. The van der Waals surface area contributed by atoms with E-state index in [1.807, 2.05) is 62.6 Å². The molecule has 4 bridgehead atoms. The summed E-state index contributed by atoms with van der Waals surface area (Å²) in [7, 11) is -4.16. The number of benzene rings is 2. The SMILES string of the molecule is Cc1cccc(C)c1-c1cc2nc(n1)NS(=O)(=O)c1cccc(c1)C(=O)N(CCNC1CC3(CCN(C(=O)OC(C)(C)C)CC3)C1)[C@H](CC(C)(C)C)CO2. The van der Waals surface area contributed by atoms with Gasteiger partial charge in [0.25, 0.3) is 15.9 Å². The van der Waals surface area contributed by atoms with Gasteiger partial charge in [-0.2, -0.15) is 4.98 Å².